The number of benzene rings is 1. The number of ether oxygens (including phenoxy) is 1. The van der Waals surface area contributed by atoms with Crippen LogP contribution in [0.5, 0.6) is 5.75 Å². The molecule has 1 aromatic carbocycles. The number of aryl methyl sites for hydroxylation is 2. The van der Waals surface area contributed by atoms with Crippen molar-refractivity contribution in [1.82, 2.24) is 20.4 Å². The van der Waals surface area contributed by atoms with Gasteiger partial charge in [-0.2, -0.15) is 5.10 Å². The second-order valence-electron chi connectivity index (χ2n) is 6.16. The first kappa shape index (κ1) is 16.4. The van der Waals surface area contributed by atoms with Crippen molar-refractivity contribution in [3.8, 4) is 5.75 Å². The van der Waals surface area contributed by atoms with Crippen molar-refractivity contribution in [3.63, 3.8) is 0 Å². The molecule has 128 valence electrons. The first-order valence-corrected chi connectivity index (χ1v) is 8.32. The van der Waals surface area contributed by atoms with Crippen molar-refractivity contribution in [1.29, 1.82) is 0 Å². The topological polar surface area (TPSA) is 68.2 Å². The number of amides is 2. The molecule has 0 saturated heterocycles. The number of fused-ring (bicyclic) bond motifs is 1. The van der Waals surface area contributed by atoms with Gasteiger partial charge in [-0.05, 0) is 48.6 Å². The molecule has 3 rings (SSSR count). The maximum absolute atomic E-state index is 12.0. The first-order chi connectivity index (χ1) is 11.7. The van der Waals surface area contributed by atoms with Crippen molar-refractivity contribution < 1.29 is 9.53 Å². The van der Waals surface area contributed by atoms with E-state index in [-0.39, 0.29) is 6.03 Å². The highest BCUT2D eigenvalue weighted by Crippen LogP contribution is 2.33. The summed E-state index contributed by atoms with van der Waals surface area (Å²) in [4.78, 5) is 12.0. The molecule has 0 unspecified atom stereocenters. The number of carbonyl (C=O) groups is 1. The van der Waals surface area contributed by atoms with Crippen molar-refractivity contribution in [2.24, 2.45) is 7.05 Å². The Morgan fingerprint density at radius 3 is 3.00 bits per heavy atom. The summed E-state index contributed by atoms with van der Waals surface area (Å²) in [6.45, 7) is 1.12. The molecule has 0 spiro atoms. The van der Waals surface area contributed by atoms with Crippen LogP contribution in [-0.2, 0) is 20.0 Å². The maximum Gasteiger partial charge on any atom is 0.315 e. The van der Waals surface area contributed by atoms with Gasteiger partial charge in [0.05, 0.1) is 19.3 Å². The zero-order chi connectivity index (χ0) is 16.9. The highest BCUT2D eigenvalue weighted by molar-refractivity contribution is 5.73. The summed E-state index contributed by atoms with van der Waals surface area (Å²) >= 11 is 0. The highest BCUT2D eigenvalue weighted by Gasteiger charge is 2.21. The van der Waals surface area contributed by atoms with Gasteiger partial charge in [-0.15, -0.1) is 0 Å². The lowest BCUT2D eigenvalue weighted by Crippen LogP contribution is -2.38. The van der Waals surface area contributed by atoms with Crippen LogP contribution in [0.15, 0.2) is 30.5 Å². The third kappa shape index (κ3) is 3.69. The lowest BCUT2D eigenvalue weighted by Gasteiger charge is -2.26. The van der Waals surface area contributed by atoms with Crippen LogP contribution in [-0.4, -0.2) is 29.5 Å². The molecule has 2 aromatic rings. The Bertz CT molecular complexity index is 711. The van der Waals surface area contributed by atoms with Crippen LogP contribution in [0.1, 0.15) is 35.6 Å². The Kier molecular flexibility index (Phi) is 5.03. The molecule has 0 radical (unpaired) electrons. The average Bonchev–Trinajstić information content (AvgIpc) is 3.02. The van der Waals surface area contributed by atoms with Crippen LogP contribution in [0.25, 0.3) is 0 Å². The van der Waals surface area contributed by atoms with Crippen LogP contribution in [0.2, 0.25) is 0 Å². The minimum atomic E-state index is -0.142. The zero-order valence-corrected chi connectivity index (χ0v) is 14.2. The quantitative estimate of drug-likeness (QED) is 0.885. The standard InChI is InChI=1S/C18H24N4O2/c1-22-15(8-9-21-22)12-20-18(23)19-11-14-5-3-4-13-10-16(24-2)6-7-17(13)14/h6-10,14H,3-5,11-12H2,1-2H3,(H2,19,20,23)/t14-/m1/s1. The molecule has 1 aromatic heterocycles. The Labute approximate surface area is 142 Å². The lowest BCUT2D eigenvalue weighted by atomic mass is 9.82. The number of methoxy groups -OCH3 is 1. The molecular formula is C18H24N4O2. The third-order valence-corrected chi connectivity index (χ3v) is 4.65. The number of urea groups is 1. The van der Waals surface area contributed by atoms with E-state index in [1.165, 1.54) is 11.1 Å². The zero-order valence-electron chi connectivity index (χ0n) is 14.2. The van der Waals surface area contributed by atoms with Crippen LogP contribution < -0.4 is 15.4 Å². The van der Waals surface area contributed by atoms with Crippen LogP contribution in [0.4, 0.5) is 4.79 Å². The van der Waals surface area contributed by atoms with Gasteiger partial charge in [0.2, 0.25) is 0 Å². The Hall–Kier alpha value is -2.50. The predicted octanol–water partition coefficient (Wildman–Crippen LogP) is 2.35. The molecule has 0 fully saturated rings. The minimum absolute atomic E-state index is 0.142. The molecule has 0 aliphatic heterocycles. The summed E-state index contributed by atoms with van der Waals surface area (Å²) in [7, 11) is 3.55. The van der Waals surface area contributed by atoms with Gasteiger partial charge in [0.1, 0.15) is 5.75 Å². The fraction of sp³-hybridized carbons (Fsp3) is 0.444. The highest BCUT2D eigenvalue weighted by atomic mass is 16.5. The van der Waals surface area contributed by atoms with Gasteiger partial charge in [0, 0.05) is 25.7 Å². The smallest absolute Gasteiger partial charge is 0.315 e. The molecule has 24 heavy (non-hydrogen) atoms. The number of hydrogen-bond donors (Lipinski definition) is 2. The lowest BCUT2D eigenvalue weighted by molar-refractivity contribution is 0.239. The number of carbonyl (C=O) groups excluding carboxylic acids is 1. The SMILES string of the molecule is COc1ccc2c(c1)CCC[C@@H]2CNC(=O)NCc1ccnn1C. The summed E-state index contributed by atoms with van der Waals surface area (Å²) in [5.74, 6) is 1.26. The van der Waals surface area contributed by atoms with Crippen LogP contribution in [0.3, 0.4) is 0 Å². The number of rotatable bonds is 5. The first-order valence-electron chi connectivity index (χ1n) is 8.32. The number of hydrogen-bond acceptors (Lipinski definition) is 3. The number of aromatic nitrogens is 2. The summed E-state index contributed by atoms with van der Waals surface area (Å²) < 4.78 is 7.06. The molecule has 1 atom stereocenters. The molecule has 6 nitrogen and oxygen atoms in total. The van der Waals surface area contributed by atoms with Crippen LogP contribution >= 0.6 is 0 Å². The number of nitrogens with zero attached hydrogens (tertiary/aromatic N) is 2. The molecule has 2 amide bonds. The second-order valence-corrected chi connectivity index (χ2v) is 6.16. The van der Waals surface area contributed by atoms with E-state index in [9.17, 15) is 4.79 Å². The van der Waals surface area contributed by atoms with E-state index in [4.69, 9.17) is 4.74 Å². The molecule has 1 aliphatic rings. The largest absolute Gasteiger partial charge is 0.497 e. The molecule has 0 bridgehead atoms. The van der Waals surface area contributed by atoms with Gasteiger partial charge in [0.25, 0.3) is 0 Å². The Balaban J connectivity index is 1.54. The molecule has 2 N–H and O–H groups in total. The monoisotopic (exact) mass is 328 g/mol. The Morgan fingerprint density at radius 2 is 2.25 bits per heavy atom. The fourth-order valence-electron chi connectivity index (χ4n) is 3.25. The average molecular weight is 328 g/mol. The van der Waals surface area contributed by atoms with E-state index < -0.39 is 0 Å². The van der Waals surface area contributed by atoms with Gasteiger partial charge >= 0.3 is 6.03 Å². The summed E-state index contributed by atoms with van der Waals surface area (Å²) in [5.41, 5.74) is 3.64. The maximum atomic E-state index is 12.0. The molecule has 0 saturated carbocycles. The van der Waals surface area contributed by atoms with Crippen molar-refractivity contribution >= 4 is 6.03 Å². The van der Waals surface area contributed by atoms with Gasteiger partial charge < -0.3 is 15.4 Å². The van der Waals surface area contributed by atoms with E-state index in [1.54, 1.807) is 18.0 Å². The van der Waals surface area contributed by atoms with Gasteiger partial charge in [-0.1, -0.05) is 6.07 Å². The fourth-order valence-corrected chi connectivity index (χ4v) is 3.25. The van der Waals surface area contributed by atoms with E-state index in [1.807, 2.05) is 19.2 Å². The second kappa shape index (κ2) is 7.38. The predicted molar refractivity (Wildman–Crippen MR) is 92.1 cm³/mol. The molecule has 1 heterocycles. The van der Waals surface area contributed by atoms with Gasteiger partial charge in [-0.25, -0.2) is 4.79 Å². The minimum Gasteiger partial charge on any atom is -0.497 e. The normalized spacial score (nSPS) is 16.3. The van der Waals surface area contributed by atoms with Crippen molar-refractivity contribution in [2.75, 3.05) is 13.7 Å². The van der Waals surface area contributed by atoms with E-state index in [0.29, 0.717) is 19.0 Å². The molecular weight excluding hydrogens is 304 g/mol. The van der Waals surface area contributed by atoms with Crippen molar-refractivity contribution in [2.45, 2.75) is 31.7 Å². The van der Waals surface area contributed by atoms with E-state index in [0.717, 1.165) is 30.7 Å². The van der Waals surface area contributed by atoms with Crippen LogP contribution in [0, 0.1) is 0 Å². The summed E-state index contributed by atoms with van der Waals surface area (Å²) in [5, 5.41) is 9.96. The molecule has 1 aliphatic carbocycles. The number of nitrogens with one attached hydrogen (secondary N) is 2. The Morgan fingerprint density at radius 1 is 1.38 bits per heavy atom. The van der Waals surface area contributed by atoms with E-state index in [2.05, 4.69) is 27.9 Å². The van der Waals surface area contributed by atoms with Crippen molar-refractivity contribution in [3.05, 3.63) is 47.3 Å². The summed E-state index contributed by atoms with van der Waals surface area (Å²) in [6, 6.07) is 8.00. The van der Waals surface area contributed by atoms with Gasteiger partial charge in [0.15, 0.2) is 0 Å². The third-order valence-electron chi connectivity index (χ3n) is 4.65. The van der Waals surface area contributed by atoms with E-state index >= 15 is 0 Å². The summed E-state index contributed by atoms with van der Waals surface area (Å²) in [6.07, 6.45) is 5.04. The molecule has 6 heteroatoms. The van der Waals surface area contributed by atoms with Gasteiger partial charge in [-0.3, -0.25) is 4.68 Å².